The quantitative estimate of drug-likeness (QED) is 0.296. The number of nitrogens with zero attached hydrogens (tertiary/aromatic N) is 2. The van der Waals surface area contributed by atoms with Crippen LogP contribution in [0.4, 0.5) is 0 Å². The molecule has 12 heteroatoms. The van der Waals surface area contributed by atoms with E-state index >= 15 is 0 Å². The second kappa shape index (κ2) is 9.09. The zero-order valence-corrected chi connectivity index (χ0v) is 19.2. The van der Waals surface area contributed by atoms with Crippen LogP contribution in [0.2, 0.25) is 0 Å². The zero-order chi connectivity index (χ0) is 21.6. The zero-order valence-electron chi connectivity index (χ0n) is 18.4. The minimum Gasteiger partial charge on any atom is -0.378 e. The molecular weight excluding hydrogens is 422 g/mol. The molecule has 5 saturated heterocycles. The van der Waals surface area contributed by atoms with Crippen LogP contribution in [-0.2, 0) is 19.5 Å². The smallest absolute Gasteiger partial charge is 0.216 e. The van der Waals surface area contributed by atoms with Gasteiger partial charge in [0.05, 0.1) is 30.5 Å². The van der Waals surface area contributed by atoms with Crippen molar-refractivity contribution in [2.75, 3.05) is 60.1 Å². The van der Waals surface area contributed by atoms with Crippen LogP contribution < -0.4 is 26.2 Å². The van der Waals surface area contributed by atoms with E-state index in [4.69, 9.17) is 9.47 Å². The molecular formula is C19H37N7O4S. The maximum Gasteiger partial charge on any atom is 0.216 e. The first-order valence-corrected chi connectivity index (χ1v) is 13.1. The lowest BCUT2D eigenvalue weighted by Crippen LogP contribution is -2.67. The van der Waals surface area contributed by atoms with Crippen LogP contribution >= 0.6 is 0 Å². The summed E-state index contributed by atoms with van der Waals surface area (Å²) in [6.45, 7) is 5.48. The highest BCUT2D eigenvalue weighted by Gasteiger charge is 2.48. The number of methoxy groups -OCH3 is 1. The van der Waals surface area contributed by atoms with Crippen LogP contribution in [0.5, 0.6) is 0 Å². The molecule has 178 valence electrons. The third-order valence-electron chi connectivity index (χ3n) is 7.92. The lowest BCUT2D eigenvalue weighted by Gasteiger charge is -2.42. The number of ether oxygens (including phenoxy) is 2. The SMILES string of the molecule is COC1NCC2CNN(C)C2C1NS(=O)(=O)C1CCC(C2CNN3CCOCC23)NC1. The first kappa shape index (κ1) is 22.4. The predicted molar refractivity (Wildman–Crippen MR) is 115 cm³/mol. The molecule has 0 amide bonds. The molecule has 0 aromatic carbocycles. The monoisotopic (exact) mass is 459 g/mol. The molecule has 8 atom stereocenters. The first-order chi connectivity index (χ1) is 15.0. The number of hydrogen-bond donors (Lipinski definition) is 5. The fourth-order valence-electron chi connectivity index (χ4n) is 6.18. The van der Waals surface area contributed by atoms with Gasteiger partial charge in [0.2, 0.25) is 10.0 Å². The number of piperidine rings is 2. The highest BCUT2D eigenvalue weighted by Crippen LogP contribution is 2.29. The predicted octanol–water partition coefficient (Wildman–Crippen LogP) is -2.76. The highest BCUT2D eigenvalue weighted by atomic mass is 32.2. The fraction of sp³-hybridized carbons (Fsp3) is 1.00. The van der Waals surface area contributed by atoms with E-state index in [0.717, 1.165) is 45.8 Å². The molecule has 0 aromatic heterocycles. The molecule has 0 aromatic rings. The van der Waals surface area contributed by atoms with Gasteiger partial charge in [-0.1, -0.05) is 0 Å². The largest absolute Gasteiger partial charge is 0.378 e. The molecule has 0 radical (unpaired) electrons. The lowest BCUT2D eigenvalue weighted by atomic mass is 9.87. The molecule has 5 aliphatic rings. The van der Waals surface area contributed by atoms with Gasteiger partial charge in [0.1, 0.15) is 6.23 Å². The van der Waals surface area contributed by atoms with Crippen molar-refractivity contribution in [1.29, 1.82) is 0 Å². The summed E-state index contributed by atoms with van der Waals surface area (Å²) in [7, 11) is 0.108. The van der Waals surface area contributed by atoms with E-state index in [2.05, 4.69) is 31.2 Å². The van der Waals surface area contributed by atoms with Crippen molar-refractivity contribution < 1.29 is 17.9 Å². The molecule has 5 N–H and O–H groups in total. The van der Waals surface area contributed by atoms with E-state index in [1.165, 1.54) is 0 Å². The van der Waals surface area contributed by atoms with Gasteiger partial charge >= 0.3 is 0 Å². The van der Waals surface area contributed by atoms with Gasteiger partial charge in [-0.05, 0) is 12.8 Å². The number of likely N-dealkylation sites (N-methyl/N-ethyl adjacent to an activating group) is 1. The Balaban J connectivity index is 1.21. The molecule has 5 fully saturated rings. The van der Waals surface area contributed by atoms with Crippen molar-refractivity contribution in [3.63, 3.8) is 0 Å². The van der Waals surface area contributed by atoms with E-state index in [1.807, 2.05) is 12.1 Å². The average molecular weight is 460 g/mol. The molecule has 31 heavy (non-hydrogen) atoms. The number of morpholine rings is 1. The second-order valence-corrected chi connectivity index (χ2v) is 11.5. The summed E-state index contributed by atoms with van der Waals surface area (Å²) in [5.74, 6) is 0.782. The minimum atomic E-state index is -3.50. The molecule has 0 spiro atoms. The van der Waals surface area contributed by atoms with Crippen molar-refractivity contribution in [3.05, 3.63) is 0 Å². The van der Waals surface area contributed by atoms with Crippen LogP contribution in [0.25, 0.3) is 0 Å². The maximum atomic E-state index is 13.4. The molecule has 11 nitrogen and oxygen atoms in total. The summed E-state index contributed by atoms with van der Waals surface area (Å²) in [6.07, 6.45) is 1.17. The lowest BCUT2D eigenvalue weighted by molar-refractivity contribution is -0.0209. The number of hydrazine groups is 2. The van der Waals surface area contributed by atoms with E-state index in [1.54, 1.807) is 7.11 Å². The standard InChI is InChI=1S/C19H37N7O4S/c1-25-18-12(8-22-25)7-21-19(29-2)17(18)24-31(27,28)13-3-4-15(20-9-13)14-10-23-26-5-6-30-11-16(14)26/h12-24H,3-11H2,1-2H3. The van der Waals surface area contributed by atoms with E-state index in [9.17, 15) is 8.42 Å². The van der Waals surface area contributed by atoms with Gasteiger partial charge in [0.15, 0.2) is 0 Å². The third kappa shape index (κ3) is 4.27. The fourth-order valence-corrected chi connectivity index (χ4v) is 7.77. The summed E-state index contributed by atoms with van der Waals surface area (Å²) in [5.41, 5.74) is 6.82. The van der Waals surface area contributed by atoms with Crippen molar-refractivity contribution >= 4 is 10.0 Å². The van der Waals surface area contributed by atoms with Crippen LogP contribution in [0.15, 0.2) is 0 Å². The van der Waals surface area contributed by atoms with Crippen LogP contribution in [0.3, 0.4) is 0 Å². The number of nitrogens with one attached hydrogen (secondary N) is 5. The topological polar surface area (TPSA) is 119 Å². The average Bonchev–Trinajstić information content (AvgIpc) is 3.38. The van der Waals surface area contributed by atoms with E-state index < -0.39 is 15.3 Å². The number of sulfonamides is 1. The molecule has 5 heterocycles. The van der Waals surface area contributed by atoms with Crippen molar-refractivity contribution in [2.45, 2.75) is 48.5 Å². The maximum absolute atomic E-state index is 13.4. The number of fused-ring (bicyclic) bond motifs is 2. The van der Waals surface area contributed by atoms with Crippen molar-refractivity contribution in [3.8, 4) is 0 Å². The van der Waals surface area contributed by atoms with Crippen LogP contribution in [-0.4, -0.2) is 114 Å². The van der Waals surface area contributed by atoms with Crippen molar-refractivity contribution in [1.82, 2.24) is 36.2 Å². The van der Waals surface area contributed by atoms with Gasteiger partial charge < -0.3 is 14.8 Å². The molecule has 8 unspecified atom stereocenters. The summed E-state index contributed by atoms with van der Waals surface area (Å²) >= 11 is 0. The Morgan fingerprint density at radius 3 is 2.74 bits per heavy atom. The van der Waals surface area contributed by atoms with Gasteiger partial charge in [-0.2, -0.15) is 0 Å². The molecule has 5 aliphatic heterocycles. The second-order valence-electron chi connectivity index (χ2n) is 9.55. The Bertz CT molecular complexity index is 735. The minimum absolute atomic E-state index is 0.0621. The molecule has 0 saturated carbocycles. The first-order valence-electron chi connectivity index (χ1n) is 11.5. The Labute approximate surface area is 184 Å². The highest BCUT2D eigenvalue weighted by molar-refractivity contribution is 7.90. The van der Waals surface area contributed by atoms with Crippen LogP contribution in [0.1, 0.15) is 12.8 Å². The normalized spacial score (nSPS) is 44.8. The van der Waals surface area contributed by atoms with E-state index in [0.29, 0.717) is 36.9 Å². The van der Waals surface area contributed by atoms with Gasteiger partial charge in [0.25, 0.3) is 0 Å². The molecule has 0 bridgehead atoms. The van der Waals surface area contributed by atoms with Crippen LogP contribution in [0, 0.1) is 11.8 Å². The number of hydrogen-bond acceptors (Lipinski definition) is 10. The van der Waals surface area contributed by atoms with Gasteiger partial charge in [0, 0.05) is 70.8 Å². The molecule has 5 rings (SSSR count). The number of rotatable bonds is 5. The summed E-state index contributed by atoms with van der Waals surface area (Å²) in [6, 6.07) is 0.412. The van der Waals surface area contributed by atoms with Gasteiger partial charge in [-0.3, -0.25) is 16.2 Å². The summed E-state index contributed by atoms with van der Waals surface area (Å²) < 4.78 is 41.0. The third-order valence-corrected chi connectivity index (χ3v) is 9.80. The van der Waals surface area contributed by atoms with Gasteiger partial charge in [-0.25, -0.2) is 23.2 Å². The summed E-state index contributed by atoms with van der Waals surface area (Å²) in [4.78, 5) is 0. The van der Waals surface area contributed by atoms with Gasteiger partial charge in [-0.15, -0.1) is 0 Å². The van der Waals surface area contributed by atoms with Crippen molar-refractivity contribution in [2.24, 2.45) is 11.8 Å². The Kier molecular flexibility index (Phi) is 6.56. The van der Waals surface area contributed by atoms with E-state index in [-0.39, 0.29) is 18.3 Å². The Morgan fingerprint density at radius 1 is 1.10 bits per heavy atom. The Hall–Kier alpha value is -0.410. The summed E-state index contributed by atoms with van der Waals surface area (Å²) in [5, 5.41) is 10.8. The molecule has 0 aliphatic carbocycles. The Morgan fingerprint density at radius 2 is 1.97 bits per heavy atom.